The summed E-state index contributed by atoms with van der Waals surface area (Å²) in [7, 11) is 1.94. The van der Waals surface area contributed by atoms with Crippen molar-refractivity contribution in [2.75, 3.05) is 5.32 Å². The smallest absolute Gasteiger partial charge is 0.227 e. The van der Waals surface area contributed by atoms with E-state index in [9.17, 15) is 0 Å². The van der Waals surface area contributed by atoms with Gasteiger partial charge in [0.15, 0.2) is 0 Å². The molecule has 0 atom stereocenters. The van der Waals surface area contributed by atoms with Crippen molar-refractivity contribution in [3.05, 3.63) is 46.8 Å². The number of aromatic nitrogens is 6. The van der Waals surface area contributed by atoms with Crippen molar-refractivity contribution in [3.8, 4) is 0 Å². The molecule has 4 rings (SSSR count). The first-order valence-electron chi connectivity index (χ1n) is 8.71. The molecule has 7 nitrogen and oxygen atoms in total. The Morgan fingerprint density at radius 3 is 2.73 bits per heavy atom. The van der Waals surface area contributed by atoms with Crippen LogP contribution >= 0.6 is 11.6 Å². The molecule has 136 valence electrons. The maximum absolute atomic E-state index is 6.22. The van der Waals surface area contributed by atoms with E-state index in [-0.39, 0.29) is 5.54 Å². The van der Waals surface area contributed by atoms with Gasteiger partial charge in [-0.15, -0.1) is 0 Å². The standard InChI is InChI=1S/C18H22ClN7/c1-11-14(22-17-20-9-13(19)16(23-17)12-5-6-12)10-26(24-11)18(2,3)15-7-8-21-25(15)4/h7-10,12H,5-6H2,1-4H3,(H,20,22,23). The highest BCUT2D eigenvalue weighted by molar-refractivity contribution is 6.31. The summed E-state index contributed by atoms with van der Waals surface area (Å²) >= 11 is 6.22. The Hall–Kier alpha value is -2.41. The number of halogens is 1. The largest absolute Gasteiger partial charge is 0.321 e. The predicted octanol–water partition coefficient (Wildman–Crippen LogP) is 3.77. The zero-order valence-corrected chi connectivity index (χ0v) is 16.1. The number of nitrogens with one attached hydrogen (secondary N) is 1. The normalized spacial score (nSPS) is 14.7. The molecule has 3 aromatic rings. The van der Waals surface area contributed by atoms with Crippen LogP contribution in [0.1, 0.15) is 49.7 Å². The summed E-state index contributed by atoms with van der Waals surface area (Å²) in [5.74, 6) is 1.02. The van der Waals surface area contributed by atoms with Crippen molar-refractivity contribution >= 4 is 23.2 Å². The van der Waals surface area contributed by atoms with E-state index in [1.807, 2.05) is 35.6 Å². The lowest BCUT2D eigenvalue weighted by Crippen LogP contribution is -2.30. The summed E-state index contributed by atoms with van der Waals surface area (Å²) in [5.41, 5.74) is 3.43. The summed E-state index contributed by atoms with van der Waals surface area (Å²) in [6, 6.07) is 2.01. The first kappa shape index (κ1) is 17.0. The number of hydrogen-bond donors (Lipinski definition) is 1. The Kier molecular flexibility index (Phi) is 3.99. The quantitative estimate of drug-likeness (QED) is 0.738. The maximum Gasteiger partial charge on any atom is 0.227 e. The molecule has 1 aliphatic carbocycles. The SMILES string of the molecule is Cc1nn(C(C)(C)c2ccnn2C)cc1Nc1ncc(Cl)c(C2CC2)n1. The van der Waals surface area contributed by atoms with Gasteiger partial charge >= 0.3 is 0 Å². The minimum Gasteiger partial charge on any atom is -0.321 e. The molecule has 0 aliphatic heterocycles. The van der Waals surface area contributed by atoms with Crippen LogP contribution in [-0.2, 0) is 12.6 Å². The van der Waals surface area contributed by atoms with Gasteiger partial charge in [-0.2, -0.15) is 10.2 Å². The molecule has 0 aromatic carbocycles. The molecule has 3 heterocycles. The van der Waals surface area contributed by atoms with E-state index in [4.69, 9.17) is 16.7 Å². The summed E-state index contributed by atoms with van der Waals surface area (Å²) < 4.78 is 3.81. The van der Waals surface area contributed by atoms with Crippen LogP contribution in [0.5, 0.6) is 0 Å². The van der Waals surface area contributed by atoms with Crippen LogP contribution in [0.25, 0.3) is 0 Å². The Morgan fingerprint density at radius 2 is 2.08 bits per heavy atom. The molecule has 0 bridgehead atoms. The van der Waals surface area contributed by atoms with Gasteiger partial charge in [0.25, 0.3) is 0 Å². The zero-order valence-electron chi connectivity index (χ0n) is 15.4. The monoisotopic (exact) mass is 371 g/mol. The Bertz CT molecular complexity index is 952. The first-order valence-corrected chi connectivity index (χ1v) is 9.08. The van der Waals surface area contributed by atoms with Gasteiger partial charge in [0.05, 0.1) is 39.5 Å². The van der Waals surface area contributed by atoms with Crippen molar-refractivity contribution in [2.45, 2.75) is 45.1 Å². The van der Waals surface area contributed by atoms with Crippen LogP contribution < -0.4 is 5.32 Å². The summed E-state index contributed by atoms with van der Waals surface area (Å²) in [4.78, 5) is 8.92. The van der Waals surface area contributed by atoms with Crippen molar-refractivity contribution in [1.82, 2.24) is 29.5 Å². The molecule has 1 fully saturated rings. The third kappa shape index (κ3) is 2.96. The summed E-state index contributed by atoms with van der Waals surface area (Å²) in [6.45, 7) is 6.20. The van der Waals surface area contributed by atoms with Crippen LogP contribution in [0, 0.1) is 6.92 Å². The van der Waals surface area contributed by atoms with Crippen LogP contribution in [0.4, 0.5) is 11.6 Å². The third-order valence-electron chi connectivity index (χ3n) is 4.90. The molecular formula is C18H22ClN7. The Morgan fingerprint density at radius 1 is 1.31 bits per heavy atom. The predicted molar refractivity (Wildman–Crippen MR) is 101 cm³/mol. The highest BCUT2D eigenvalue weighted by Crippen LogP contribution is 2.42. The van der Waals surface area contributed by atoms with E-state index >= 15 is 0 Å². The van der Waals surface area contributed by atoms with Gasteiger partial charge in [-0.25, -0.2) is 9.97 Å². The van der Waals surface area contributed by atoms with E-state index in [1.165, 1.54) is 0 Å². The van der Waals surface area contributed by atoms with Crippen LogP contribution in [0.15, 0.2) is 24.7 Å². The van der Waals surface area contributed by atoms with Gasteiger partial charge < -0.3 is 5.32 Å². The van der Waals surface area contributed by atoms with E-state index in [2.05, 4.69) is 34.2 Å². The fourth-order valence-corrected chi connectivity index (χ4v) is 3.41. The number of nitrogens with zero attached hydrogens (tertiary/aromatic N) is 6. The summed E-state index contributed by atoms with van der Waals surface area (Å²) in [5, 5.41) is 12.9. The van der Waals surface area contributed by atoms with Crippen LogP contribution in [0.3, 0.4) is 0 Å². The minimum atomic E-state index is -0.337. The highest BCUT2D eigenvalue weighted by Gasteiger charge is 2.29. The lowest BCUT2D eigenvalue weighted by atomic mass is 10.0. The number of hydrogen-bond acceptors (Lipinski definition) is 5. The lowest BCUT2D eigenvalue weighted by molar-refractivity contribution is 0.363. The van der Waals surface area contributed by atoms with Crippen molar-refractivity contribution in [2.24, 2.45) is 7.05 Å². The van der Waals surface area contributed by atoms with Gasteiger partial charge in [0.1, 0.15) is 0 Å². The maximum atomic E-state index is 6.22. The van der Waals surface area contributed by atoms with E-state index in [1.54, 1.807) is 12.4 Å². The number of anilines is 2. The topological polar surface area (TPSA) is 73.5 Å². The summed E-state index contributed by atoms with van der Waals surface area (Å²) in [6.07, 6.45) is 7.74. The minimum absolute atomic E-state index is 0.337. The van der Waals surface area contributed by atoms with E-state index in [0.29, 0.717) is 16.9 Å². The first-order chi connectivity index (χ1) is 12.4. The van der Waals surface area contributed by atoms with Gasteiger partial charge in [0.2, 0.25) is 5.95 Å². The molecule has 0 amide bonds. The van der Waals surface area contributed by atoms with E-state index < -0.39 is 0 Å². The average Bonchev–Trinajstić information content (AvgIpc) is 3.24. The molecule has 3 aromatic heterocycles. The highest BCUT2D eigenvalue weighted by atomic mass is 35.5. The molecule has 1 aliphatic rings. The second-order valence-electron chi connectivity index (χ2n) is 7.30. The van der Waals surface area contributed by atoms with Gasteiger partial charge in [-0.05, 0) is 39.7 Å². The Labute approximate surface area is 157 Å². The van der Waals surface area contributed by atoms with Gasteiger partial charge in [-0.3, -0.25) is 9.36 Å². The molecule has 8 heteroatoms. The Balaban J connectivity index is 1.63. The van der Waals surface area contributed by atoms with Gasteiger partial charge in [-0.1, -0.05) is 11.6 Å². The molecule has 0 radical (unpaired) electrons. The fourth-order valence-electron chi connectivity index (χ4n) is 3.16. The molecule has 0 spiro atoms. The molecule has 1 N–H and O–H groups in total. The van der Waals surface area contributed by atoms with Crippen molar-refractivity contribution < 1.29 is 0 Å². The second kappa shape index (κ2) is 6.09. The third-order valence-corrected chi connectivity index (χ3v) is 5.19. The fraction of sp³-hybridized carbons (Fsp3) is 0.444. The average molecular weight is 372 g/mol. The molecule has 0 unspecified atom stereocenters. The van der Waals surface area contributed by atoms with Crippen LogP contribution in [0.2, 0.25) is 5.02 Å². The van der Waals surface area contributed by atoms with E-state index in [0.717, 1.165) is 35.6 Å². The molecule has 26 heavy (non-hydrogen) atoms. The van der Waals surface area contributed by atoms with Crippen molar-refractivity contribution in [3.63, 3.8) is 0 Å². The van der Waals surface area contributed by atoms with Crippen molar-refractivity contribution in [1.29, 1.82) is 0 Å². The number of rotatable bonds is 5. The molecule has 1 saturated carbocycles. The lowest BCUT2D eigenvalue weighted by Gasteiger charge is -2.25. The number of aryl methyl sites for hydroxylation is 2. The second-order valence-corrected chi connectivity index (χ2v) is 7.71. The van der Waals surface area contributed by atoms with Gasteiger partial charge in [0, 0.05) is 25.4 Å². The molecular weight excluding hydrogens is 350 g/mol. The van der Waals surface area contributed by atoms with Crippen LogP contribution in [-0.4, -0.2) is 29.5 Å². The molecule has 0 saturated heterocycles. The zero-order chi connectivity index (χ0) is 18.5.